The SMILES string of the molecule is O=C(NC1CNC1)c1conc1-c1ccccc1. The molecule has 0 bridgehead atoms. The van der Waals surface area contributed by atoms with E-state index in [4.69, 9.17) is 4.52 Å². The summed E-state index contributed by atoms with van der Waals surface area (Å²) in [6.07, 6.45) is 1.39. The zero-order valence-electron chi connectivity index (χ0n) is 9.72. The molecule has 0 spiro atoms. The van der Waals surface area contributed by atoms with Crippen LogP contribution in [0.25, 0.3) is 11.3 Å². The summed E-state index contributed by atoms with van der Waals surface area (Å²) in [5.41, 5.74) is 1.94. The van der Waals surface area contributed by atoms with Crippen LogP contribution >= 0.6 is 0 Å². The highest BCUT2D eigenvalue weighted by molar-refractivity contribution is 5.99. The van der Waals surface area contributed by atoms with Crippen molar-refractivity contribution in [3.8, 4) is 11.3 Å². The lowest BCUT2D eigenvalue weighted by atomic mass is 10.1. The summed E-state index contributed by atoms with van der Waals surface area (Å²) in [6, 6.07) is 9.74. The highest BCUT2D eigenvalue weighted by Gasteiger charge is 2.23. The molecule has 1 fully saturated rings. The van der Waals surface area contributed by atoms with Crippen molar-refractivity contribution in [2.24, 2.45) is 0 Å². The van der Waals surface area contributed by atoms with E-state index in [-0.39, 0.29) is 11.9 Å². The highest BCUT2D eigenvalue weighted by Crippen LogP contribution is 2.21. The smallest absolute Gasteiger partial charge is 0.257 e. The first-order valence-corrected chi connectivity index (χ1v) is 5.86. The van der Waals surface area contributed by atoms with E-state index in [0.717, 1.165) is 18.7 Å². The minimum atomic E-state index is -0.137. The van der Waals surface area contributed by atoms with E-state index < -0.39 is 0 Å². The molecule has 1 aliphatic heterocycles. The molecular formula is C13H13N3O2. The molecule has 0 unspecified atom stereocenters. The standard InChI is InChI=1S/C13H13N3O2/c17-13(15-10-6-14-7-10)11-8-18-16-12(11)9-4-2-1-3-5-9/h1-5,8,10,14H,6-7H2,(H,15,17). The molecule has 1 aromatic heterocycles. The van der Waals surface area contributed by atoms with Crippen LogP contribution in [0.1, 0.15) is 10.4 Å². The van der Waals surface area contributed by atoms with Gasteiger partial charge in [-0.1, -0.05) is 35.5 Å². The third kappa shape index (κ3) is 2.00. The first-order valence-electron chi connectivity index (χ1n) is 5.86. The fraction of sp³-hybridized carbons (Fsp3) is 0.231. The van der Waals surface area contributed by atoms with Gasteiger partial charge in [0.25, 0.3) is 5.91 Å². The number of amides is 1. The van der Waals surface area contributed by atoms with Gasteiger partial charge < -0.3 is 15.2 Å². The largest absolute Gasteiger partial charge is 0.363 e. The van der Waals surface area contributed by atoms with Crippen molar-refractivity contribution in [3.63, 3.8) is 0 Å². The second-order valence-electron chi connectivity index (χ2n) is 4.27. The quantitative estimate of drug-likeness (QED) is 0.845. The van der Waals surface area contributed by atoms with Crippen LogP contribution in [-0.4, -0.2) is 30.2 Å². The van der Waals surface area contributed by atoms with Crippen LogP contribution in [0.2, 0.25) is 0 Å². The molecule has 0 aliphatic carbocycles. The second-order valence-corrected chi connectivity index (χ2v) is 4.27. The number of hydrogen-bond donors (Lipinski definition) is 2. The van der Waals surface area contributed by atoms with Gasteiger partial charge in [-0.2, -0.15) is 0 Å². The summed E-state index contributed by atoms with van der Waals surface area (Å²) in [5, 5.41) is 9.94. The van der Waals surface area contributed by atoms with Crippen LogP contribution < -0.4 is 10.6 Å². The fourth-order valence-corrected chi connectivity index (χ4v) is 1.86. The lowest BCUT2D eigenvalue weighted by Gasteiger charge is -2.27. The Bertz CT molecular complexity index is 546. The van der Waals surface area contributed by atoms with Crippen molar-refractivity contribution in [3.05, 3.63) is 42.2 Å². The zero-order chi connectivity index (χ0) is 12.4. The monoisotopic (exact) mass is 243 g/mol. The van der Waals surface area contributed by atoms with Crippen molar-refractivity contribution in [1.82, 2.24) is 15.8 Å². The van der Waals surface area contributed by atoms with Crippen LogP contribution in [0.3, 0.4) is 0 Å². The molecule has 1 aromatic carbocycles. The number of hydrogen-bond acceptors (Lipinski definition) is 4. The molecule has 0 saturated carbocycles. The Labute approximate surface area is 104 Å². The highest BCUT2D eigenvalue weighted by atomic mass is 16.5. The van der Waals surface area contributed by atoms with Gasteiger partial charge in [0.05, 0.1) is 6.04 Å². The third-order valence-corrected chi connectivity index (χ3v) is 2.98. The van der Waals surface area contributed by atoms with Crippen LogP contribution in [0.5, 0.6) is 0 Å². The van der Waals surface area contributed by atoms with Crippen molar-refractivity contribution in [2.45, 2.75) is 6.04 Å². The third-order valence-electron chi connectivity index (χ3n) is 2.98. The molecule has 3 rings (SSSR count). The van der Waals surface area contributed by atoms with Gasteiger partial charge in [0.2, 0.25) is 0 Å². The van der Waals surface area contributed by atoms with Gasteiger partial charge in [0.1, 0.15) is 17.5 Å². The minimum absolute atomic E-state index is 0.137. The molecule has 5 nitrogen and oxygen atoms in total. The Hall–Kier alpha value is -2.14. The van der Waals surface area contributed by atoms with E-state index in [0.29, 0.717) is 11.3 Å². The molecule has 1 amide bonds. The molecule has 2 heterocycles. The Kier molecular flexibility index (Phi) is 2.82. The molecular weight excluding hydrogens is 230 g/mol. The van der Waals surface area contributed by atoms with E-state index in [2.05, 4.69) is 15.8 Å². The second kappa shape index (κ2) is 4.62. The van der Waals surface area contributed by atoms with Gasteiger partial charge in [0.15, 0.2) is 0 Å². The van der Waals surface area contributed by atoms with Crippen molar-refractivity contribution >= 4 is 5.91 Å². The molecule has 1 aliphatic rings. The number of benzene rings is 1. The average Bonchev–Trinajstić information content (AvgIpc) is 2.84. The van der Waals surface area contributed by atoms with E-state index in [1.807, 2.05) is 30.3 Å². The molecule has 5 heteroatoms. The maximum absolute atomic E-state index is 12.1. The Balaban J connectivity index is 1.84. The Morgan fingerprint density at radius 3 is 2.78 bits per heavy atom. The van der Waals surface area contributed by atoms with Crippen molar-refractivity contribution < 1.29 is 9.32 Å². The van der Waals surface area contributed by atoms with Crippen LogP contribution in [-0.2, 0) is 0 Å². The summed E-state index contributed by atoms with van der Waals surface area (Å²) < 4.78 is 4.93. The fourth-order valence-electron chi connectivity index (χ4n) is 1.86. The first kappa shape index (κ1) is 11.0. The van der Waals surface area contributed by atoms with Crippen molar-refractivity contribution in [2.75, 3.05) is 13.1 Å². The maximum atomic E-state index is 12.1. The Morgan fingerprint density at radius 1 is 1.33 bits per heavy atom. The van der Waals surface area contributed by atoms with E-state index in [1.54, 1.807) is 0 Å². The number of nitrogens with zero attached hydrogens (tertiary/aromatic N) is 1. The van der Waals surface area contributed by atoms with E-state index in [1.165, 1.54) is 6.26 Å². The summed E-state index contributed by atoms with van der Waals surface area (Å²) in [5.74, 6) is -0.137. The molecule has 0 atom stereocenters. The molecule has 2 N–H and O–H groups in total. The van der Waals surface area contributed by atoms with Gasteiger partial charge in [-0.3, -0.25) is 4.79 Å². The molecule has 18 heavy (non-hydrogen) atoms. The number of carbonyl (C=O) groups excluding carboxylic acids is 1. The molecule has 1 saturated heterocycles. The maximum Gasteiger partial charge on any atom is 0.257 e. The normalized spacial score (nSPS) is 15.1. The van der Waals surface area contributed by atoms with Crippen LogP contribution in [0.4, 0.5) is 0 Å². The number of rotatable bonds is 3. The molecule has 92 valence electrons. The predicted octanol–water partition coefficient (Wildman–Crippen LogP) is 1.04. The van der Waals surface area contributed by atoms with Gasteiger partial charge in [0, 0.05) is 18.7 Å². The first-order chi connectivity index (χ1) is 8.84. The summed E-state index contributed by atoms with van der Waals surface area (Å²) in [7, 11) is 0. The van der Waals surface area contributed by atoms with E-state index in [9.17, 15) is 4.79 Å². The topological polar surface area (TPSA) is 67.2 Å². The Morgan fingerprint density at radius 2 is 2.11 bits per heavy atom. The predicted molar refractivity (Wildman–Crippen MR) is 66.1 cm³/mol. The lowest BCUT2D eigenvalue weighted by Crippen LogP contribution is -2.56. The molecule has 2 aromatic rings. The summed E-state index contributed by atoms with van der Waals surface area (Å²) in [4.78, 5) is 12.1. The van der Waals surface area contributed by atoms with Crippen LogP contribution in [0, 0.1) is 0 Å². The number of carbonyl (C=O) groups is 1. The summed E-state index contributed by atoms with van der Waals surface area (Å²) in [6.45, 7) is 1.63. The van der Waals surface area contributed by atoms with E-state index >= 15 is 0 Å². The zero-order valence-corrected chi connectivity index (χ0v) is 9.72. The summed E-state index contributed by atoms with van der Waals surface area (Å²) >= 11 is 0. The molecule has 0 radical (unpaired) electrons. The van der Waals surface area contributed by atoms with Gasteiger partial charge in [-0.25, -0.2) is 0 Å². The average molecular weight is 243 g/mol. The van der Waals surface area contributed by atoms with Gasteiger partial charge in [-0.05, 0) is 0 Å². The lowest BCUT2D eigenvalue weighted by molar-refractivity contribution is 0.0924. The van der Waals surface area contributed by atoms with Crippen LogP contribution in [0.15, 0.2) is 41.1 Å². The van der Waals surface area contributed by atoms with Crippen molar-refractivity contribution in [1.29, 1.82) is 0 Å². The van der Waals surface area contributed by atoms with Gasteiger partial charge in [-0.15, -0.1) is 0 Å². The van der Waals surface area contributed by atoms with Gasteiger partial charge >= 0.3 is 0 Å². The minimum Gasteiger partial charge on any atom is -0.363 e. The number of nitrogens with one attached hydrogen (secondary N) is 2. The number of aromatic nitrogens is 1.